The number of para-hydroxylation sites is 3. The van der Waals surface area contributed by atoms with Crippen LogP contribution < -0.4 is 14.7 Å². The Hall–Kier alpha value is -10.2. The van der Waals surface area contributed by atoms with Crippen molar-refractivity contribution in [3.8, 4) is 33.8 Å². The van der Waals surface area contributed by atoms with E-state index in [0.717, 1.165) is 82.5 Å². The van der Waals surface area contributed by atoms with Crippen LogP contribution in [0.1, 0.15) is 31.1 Å². The average Bonchev–Trinajstić information content (AvgIpc) is 4.16. The fourth-order valence-electron chi connectivity index (χ4n) is 9.85. The third kappa shape index (κ3) is 7.88. The molecule has 0 N–H and O–H groups in total. The smallest absolute Gasteiger partial charge is 0.258 e. The van der Waals surface area contributed by atoms with Crippen LogP contribution in [0.3, 0.4) is 0 Å². The SMILES string of the molecule is CN(C(=O)c1cc(C(=O)N(C)c2ccc(-c3ccc4c(c3)oc3ccccc34)nc2)cc(C(=O)N(C)c2ccc(-c3ccc4c(c3)oc3ccccc34)nc2)c1)c1ccc(-c2ccc3c(c2)oc2ccccc23)nc1. The lowest BCUT2D eigenvalue weighted by Gasteiger charge is -2.22. The highest BCUT2D eigenvalue weighted by atomic mass is 16.3. The van der Waals surface area contributed by atoms with Crippen LogP contribution in [0, 0.1) is 0 Å². The number of nitrogens with zero attached hydrogens (tertiary/aromatic N) is 6. The van der Waals surface area contributed by atoms with Crippen molar-refractivity contribution in [1.82, 2.24) is 15.0 Å². The molecule has 0 bridgehead atoms. The monoisotopic (exact) mass is 978 g/mol. The predicted molar refractivity (Wildman–Crippen MR) is 295 cm³/mol. The Bertz CT molecular complexity index is 3960. The van der Waals surface area contributed by atoms with Crippen molar-refractivity contribution in [2.75, 3.05) is 35.8 Å². The van der Waals surface area contributed by atoms with E-state index in [4.69, 9.17) is 28.2 Å². The second-order valence-electron chi connectivity index (χ2n) is 18.5. The van der Waals surface area contributed by atoms with Gasteiger partial charge in [-0.1, -0.05) is 72.8 Å². The molecule has 7 aromatic carbocycles. The Morgan fingerprint density at radius 2 is 0.600 bits per heavy atom. The molecule has 0 spiro atoms. The third-order valence-electron chi connectivity index (χ3n) is 14.0. The maximum absolute atomic E-state index is 14.6. The zero-order valence-corrected chi connectivity index (χ0v) is 40.7. The number of hydrogen-bond donors (Lipinski definition) is 0. The molecule has 0 fully saturated rings. The summed E-state index contributed by atoms with van der Waals surface area (Å²) in [7, 11) is 4.89. The molecule has 0 atom stereocenters. The van der Waals surface area contributed by atoms with E-state index in [0.29, 0.717) is 34.1 Å². The summed E-state index contributed by atoms with van der Waals surface area (Å²) in [5, 5.41) is 6.15. The molecular formula is C63H42N6O6. The lowest BCUT2D eigenvalue weighted by atomic mass is 10.0. The summed E-state index contributed by atoms with van der Waals surface area (Å²) in [4.78, 5) is 62.2. The van der Waals surface area contributed by atoms with Crippen LogP contribution >= 0.6 is 0 Å². The first kappa shape index (κ1) is 44.7. The molecule has 13 rings (SSSR count). The first-order valence-corrected chi connectivity index (χ1v) is 24.2. The number of carbonyl (C=O) groups excluding carboxylic acids is 3. The van der Waals surface area contributed by atoms with Gasteiger partial charge in [-0.2, -0.15) is 0 Å². The summed E-state index contributed by atoms with van der Waals surface area (Å²) in [5.74, 6) is -1.37. The quantitative estimate of drug-likeness (QED) is 0.138. The first-order chi connectivity index (χ1) is 36.6. The predicted octanol–water partition coefficient (Wildman–Crippen LogP) is 14.4. The Morgan fingerprint density at radius 3 is 0.880 bits per heavy atom. The van der Waals surface area contributed by atoms with Crippen LogP contribution in [0.5, 0.6) is 0 Å². The van der Waals surface area contributed by atoms with E-state index in [1.165, 1.54) is 32.9 Å². The fraction of sp³-hybridized carbons (Fsp3) is 0.0476. The fourth-order valence-corrected chi connectivity index (χ4v) is 9.85. The zero-order chi connectivity index (χ0) is 50.9. The van der Waals surface area contributed by atoms with Gasteiger partial charge in [0, 0.05) is 86.8 Å². The molecule has 0 saturated heterocycles. The van der Waals surface area contributed by atoms with E-state index >= 15 is 0 Å². The minimum Gasteiger partial charge on any atom is -0.456 e. The lowest BCUT2D eigenvalue weighted by Crippen LogP contribution is -2.31. The van der Waals surface area contributed by atoms with Crippen LogP contribution in [0.2, 0.25) is 0 Å². The summed E-state index contributed by atoms with van der Waals surface area (Å²) in [6.45, 7) is 0. The van der Waals surface area contributed by atoms with Crippen molar-refractivity contribution in [3.05, 3.63) is 217 Å². The minimum absolute atomic E-state index is 0.122. The third-order valence-corrected chi connectivity index (χ3v) is 14.0. The second-order valence-corrected chi connectivity index (χ2v) is 18.5. The number of hydrogen-bond acceptors (Lipinski definition) is 9. The molecule has 13 aromatic rings. The summed E-state index contributed by atoms with van der Waals surface area (Å²) in [6, 6.07) is 57.2. The van der Waals surface area contributed by atoms with E-state index in [1.807, 2.05) is 164 Å². The van der Waals surface area contributed by atoms with Crippen molar-refractivity contribution < 1.29 is 27.6 Å². The standard InChI is InChI=1S/C63H42N6O6/c1-67(43-19-25-52(64-34-43)37-16-22-49-46-10-4-7-13-55(46)73-58(49)31-37)61(70)40-28-41(62(71)68(2)44-20-26-53(65-35-44)38-17-23-50-47-11-5-8-14-56(47)74-59(50)32-38)30-42(29-40)63(72)69(3)45-21-27-54(66-36-45)39-18-24-51-48-12-6-9-15-57(48)75-60(51)33-39/h4-36H,1-3H3. The number of rotatable bonds is 9. The van der Waals surface area contributed by atoms with Gasteiger partial charge in [-0.15, -0.1) is 0 Å². The molecule has 0 aliphatic heterocycles. The average molecular weight is 979 g/mol. The normalized spacial score (nSPS) is 11.6. The number of anilines is 3. The van der Waals surface area contributed by atoms with Gasteiger partial charge >= 0.3 is 0 Å². The van der Waals surface area contributed by atoms with E-state index < -0.39 is 17.7 Å². The van der Waals surface area contributed by atoms with Crippen LogP contribution in [-0.4, -0.2) is 53.8 Å². The van der Waals surface area contributed by atoms with Crippen LogP contribution in [0.25, 0.3) is 99.6 Å². The van der Waals surface area contributed by atoms with Crippen molar-refractivity contribution in [2.24, 2.45) is 0 Å². The summed E-state index contributed by atoms with van der Waals surface area (Å²) in [6.07, 6.45) is 4.86. The summed E-state index contributed by atoms with van der Waals surface area (Å²) >= 11 is 0. The number of pyridine rings is 3. The van der Waals surface area contributed by atoms with Crippen molar-refractivity contribution >= 4 is 101 Å². The topological polar surface area (TPSA) is 139 Å². The van der Waals surface area contributed by atoms with E-state index in [9.17, 15) is 14.4 Å². The van der Waals surface area contributed by atoms with Crippen molar-refractivity contribution in [2.45, 2.75) is 0 Å². The number of carbonyl (C=O) groups is 3. The molecule has 12 heteroatoms. The van der Waals surface area contributed by atoms with E-state index in [-0.39, 0.29) is 16.7 Å². The Kier molecular flexibility index (Phi) is 10.6. The molecule has 0 unspecified atom stereocenters. The van der Waals surface area contributed by atoms with Crippen LogP contribution in [0.4, 0.5) is 17.1 Å². The number of fused-ring (bicyclic) bond motifs is 9. The van der Waals surface area contributed by atoms with Gasteiger partial charge in [-0.3, -0.25) is 29.3 Å². The Labute approximate surface area is 428 Å². The van der Waals surface area contributed by atoms with Crippen molar-refractivity contribution in [1.29, 1.82) is 0 Å². The number of amides is 3. The highest BCUT2D eigenvalue weighted by Gasteiger charge is 2.25. The van der Waals surface area contributed by atoms with Gasteiger partial charge in [0.25, 0.3) is 17.7 Å². The summed E-state index contributed by atoms with van der Waals surface area (Å²) < 4.78 is 18.4. The highest BCUT2D eigenvalue weighted by molar-refractivity contribution is 6.15. The first-order valence-electron chi connectivity index (χ1n) is 24.2. The van der Waals surface area contributed by atoms with Crippen LogP contribution in [-0.2, 0) is 0 Å². The second kappa shape index (κ2) is 17.8. The number of furan rings is 3. The Morgan fingerprint density at radius 1 is 0.320 bits per heavy atom. The molecule has 0 radical (unpaired) electrons. The zero-order valence-electron chi connectivity index (χ0n) is 40.7. The van der Waals surface area contributed by atoms with Gasteiger partial charge in [0.05, 0.1) is 52.7 Å². The largest absolute Gasteiger partial charge is 0.456 e. The molecule has 6 aromatic heterocycles. The molecule has 0 saturated carbocycles. The van der Waals surface area contributed by atoms with E-state index in [1.54, 1.807) is 39.7 Å². The Balaban J connectivity index is 0.793. The molecular weight excluding hydrogens is 937 g/mol. The molecule has 6 heterocycles. The number of aromatic nitrogens is 3. The maximum atomic E-state index is 14.6. The van der Waals surface area contributed by atoms with Gasteiger partial charge in [0.1, 0.15) is 33.5 Å². The molecule has 0 aliphatic rings. The number of benzene rings is 7. The molecule has 12 nitrogen and oxygen atoms in total. The van der Waals surface area contributed by atoms with Gasteiger partial charge < -0.3 is 28.0 Å². The summed E-state index contributed by atoms with van der Waals surface area (Å²) in [5.41, 5.74) is 11.2. The molecule has 360 valence electrons. The maximum Gasteiger partial charge on any atom is 0.258 e. The van der Waals surface area contributed by atoms with Gasteiger partial charge in [-0.25, -0.2) is 0 Å². The van der Waals surface area contributed by atoms with Crippen LogP contribution in [0.15, 0.2) is 214 Å². The molecule has 0 aliphatic carbocycles. The molecule has 75 heavy (non-hydrogen) atoms. The van der Waals surface area contributed by atoms with E-state index in [2.05, 4.69) is 0 Å². The lowest BCUT2D eigenvalue weighted by molar-refractivity contribution is 0.0992. The van der Waals surface area contributed by atoms with Crippen molar-refractivity contribution in [3.63, 3.8) is 0 Å². The highest BCUT2D eigenvalue weighted by Crippen LogP contribution is 2.36. The van der Waals surface area contributed by atoms with Gasteiger partial charge in [0.2, 0.25) is 0 Å². The molecule has 3 amide bonds. The van der Waals surface area contributed by atoms with Gasteiger partial charge in [-0.05, 0) is 109 Å². The minimum atomic E-state index is -0.456. The van der Waals surface area contributed by atoms with Gasteiger partial charge in [0.15, 0.2) is 0 Å².